The van der Waals surface area contributed by atoms with Gasteiger partial charge in [0.25, 0.3) is 0 Å². The van der Waals surface area contributed by atoms with Crippen LogP contribution in [0.3, 0.4) is 0 Å². The first kappa shape index (κ1) is 29.7. The summed E-state index contributed by atoms with van der Waals surface area (Å²) in [5.41, 5.74) is 17.2. The van der Waals surface area contributed by atoms with Crippen LogP contribution in [0.1, 0.15) is 57.6 Å². The maximum atomic E-state index is 13.2. The molecule has 36 heavy (non-hydrogen) atoms. The highest BCUT2D eigenvalue weighted by Crippen LogP contribution is 2.27. The lowest BCUT2D eigenvalue weighted by Gasteiger charge is -2.23. The first-order valence-corrected chi connectivity index (χ1v) is 14.1. The third kappa shape index (κ3) is 9.50. The van der Waals surface area contributed by atoms with Gasteiger partial charge in [-0.05, 0) is 59.6 Å². The number of hydrogen-bond acceptors (Lipinski definition) is 5. The van der Waals surface area contributed by atoms with Gasteiger partial charge in [-0.2, -0.15) is 0 Å². The second-order valence-corrected chi connectivity index (χ2v) is 10.4. The average molecular weight is 512 g/mol. The van der Waals surface area contributed by atoms with E-state index in [9.17, 15) is 14.7 Å². The monoisotopic (exact) mass is 511 g/mol. The molecule has 0 aliphatic carbocycles. The standard InChI is InChI=1S/C29H42N3O3P/c1-4-14-32(15-5-16-33)29(35)26(20-36-31)18-25-12-11-24(19-28(25)30)23-9-7-22(8-10-23)17-27(34)13-6-21(2)3/h7-12,18-19,21,33,36H,4-6,13-17,20,30-31H2,1-3H3/b26-18+. The Balaban J connectivity index is 2.19. The van der Waals surface area contributed by atoms with Crippen LogP contribution in [0.4, 0.5) is 5.69 Å². The fraction of sp³-hybridized carbons (Fsp3) is 0.448. The van der Waals surface area contributed by atoms with Gasteiger partial charge >= 0.3 is 0 Å². The van der Waals surface area contributed by atoms with Crippen LogP contribution in [0.2, 0.25) is 0 Å². The molecule has 7 heteroatoms. The number of amides is 1. The summed E-state index contributed by atoms with van der Waals surface area (Å²) >= 11 is 0. The number of aliphatic hydroxyl groups is 1. The fourth-order valence-electron chi connectivity index (χ4n) is 4.00. The summed E-state index contributed by atoms with van der Waals surface area (Å²) in [7, 11) is 0.117. The molecule has 5 N–H and O–H groups in total. The van der Waals surface area contributed by atoms with Gasteiger partial charge in [0.2, 0.25) is 5.91 Å². The Labute approximate surface area is 218 Å². The second-order valence-electron chi connectivity index (χ2n) is 9.61. The van der Waals surface area contributed by atoms with Gasteiger partial charge in [0, 0.05) is 50.0 Å². The maximum absolute atomic E-state index is 13.2. The number of nitrogen functional groups attached to an aromatic ring is 1. The number of Topliss-reactive ketones (excluding diaryl/α,β-unsaturated/α-hetero) is 1. The summed E-state index contributed by atoms with van der Waals surface area (Å²) in [6.07, 6.45) is 5.73. The highest BCUT2D eigenvalue weighted by Gasteiger charge is 2.17. The van der Waals surface area contributed by atoms with E-state index >= 15 is 0 Å². The van der Waals surface area contributed by atoms with Gasteiger partial charge in [0.05, 0.1) is 0 Å². The van der Waals surface area contributed by atoms with E-state index in [-0.39, 0.29) is 27.0 Å². The van der Waals surface area contributed by atoms with Crippen molar-refractivity contribution >= 4 is 32.2 Å². The number of aliphatic hydroxyl groups excluding tert-OH is 1. The van der Waals surface area contributed by atoms with Gasteiger partial charge in [0.15, 0.2) is 0 Å². The van der Waals surface area contributed by atoms with Gasteiger partial charge in [-0.3, -0.25) is 9.59 Å². The van der Waals surface area contributed by atoms with Crippen LogP contribution < -0.4 is 11.2 Å². The van der Waals surface area contributed by atoms with Crippen molar-refractivity contribution in [3.05, 3.63) is 59.2 Å². The molecule has 1 unspecified atom stereocenters. The van der Waals surface area contributed by atoms with Crippen LogP contribution in [0.15, 0.2) is 48.0 Å². The Bertz CT molecular complexity index is 1020. The molecule has 0 heterocycles. The molecule has 0 spiro atoms. The van der Waals surface area contributed by atoms with E-state index in [1.165, 1.54) is 0 Å². The van der Waals surface area contributed by atoms with Crippen molar-refractivity contribution < 1.29 is 14.7 Å². The van der Waals surface area contributed by atoms with Crippen LogP contribution >= 0.6 is 8.73 Å². The third-order valence-corrected chi connectivity index (χ3v) is 6.62. The molecule has 0 saturated carbocycles. The lowest BCUT2D eigenvalue weighted by Crippen LogP contribution is -2.34. The van der Waals surface area contributed by atoms with E-state index in [1.807, 2.05) is 55.5 Å². The molecule has 0 aliphatic heterocycles. The van der Waals surface area contributed by atoms with Crippen molar-refractivity contribution in [2.45, 2.75) is 52.9 Å². The summed E-state index contributed by atoms with van der Waals surface area (Å²) in [5, 5.41) is 9.19. The highest BCUT2D eigenvalue weighted by atomic mass is 31.1. The topological polar surface area (TPSA) is 110 Å². The number of ketones is 1. The van der Waals surface area contributed by atoms with E-state index in [0.29, 0.717) is 55.7 Å². The Morgan fingerprint density at radius 3 is 2.36 bits per heavy atom. The van der Waals surface area contributed by atoms with E-state index < -0.39 is 0 Å². The summed E-state index contributed by atoms with van der Waals surface area (Å²) < 4.78 is 0. The Morgan fingerprint density at radius 2 is 1.78 bits per heavy atom. The third-order valence-electron chi connectivity index (χ3n) is 6.04. The first-order valence-electron chi connectivity index (χ1n) is 12.8. The summed E-state index contributed by atoms with van der Waals surface area (Å²) in [5.74, 6) is 0.755. The molecular formula is C29H42N3O3P. The summed E-state index contributed by atoms with van der Waals surface area (Å²) in [6.45, 7) is 7.49. The number of rotatable bonds is 15. The molecule has 0 radical (unpaired) electrons. The zero-order valence-corrected chi connectivity index (χ0v) is 22.9. The van der Waals surface area contributed by atoms with Crippen LogP contribution in [0.5, 0.6) is 0 Å². The number of nitrogens with zero attached hydrogens (tertiary/aromatic N) is 1. The number of anilines is 1. The zero-order chi connectivity index (χ0) is 26.5. The summed E-state index contributed by atoms with van der Waals surface area (Å²) in [6, 6.07) is 13.9. The van der Waals surface area contributed by atoms with E-state index in [2.05, 4.69) is 13.8 Å². The van der Waals surface area contributed by atoms with E-state index in [0.717, 1.165) is 35.1 Å². The number of carbonyl (C=O) groups excluding carboxylic acids is 2. The number of nitrogens with two attached hydrogens (primary N) is 2. The molecule has 6 nitrogen and oxygen atoms in total. The molecule has 0 aromatic heterocycles. The zero-order valence-electron chi connectivity index (χ0n) is 21.9. The van der Waals surface area contributed by atoms with Crippen molar-refractivity contribution in [2.75, 3.05) is 31.6 Å². The highest BCUT2D eigenvalue weighted by molar-refractivity contribution is 7.35. The molecular weight excluding hydrogens is 469 g/mol. The van der Waals surface area contributed by atoms with E-state index in [1.54, 1.807) is 4.90 Å². The van der Waals surface area contributed by atoms with Gasteiger partial charge in [-0.1, -0.05) is 65.9 Å². The molecule has 196 valence electrons. The van der Waals surface area contributed by atoms with Crippen LogP contribution in [0, 0.1) is 5.92 Å². The Hall–Kier alpha value is -2.53. The predicted molar refractivity (Wildman–Crippen MR) is 153 cm³/mol. The number of benzene rings is 2. The molecule has 0 saturated heterocycles. The molecule has 2 aromatic carbocycles. The minimum atomic E-state index is -0.0507. The van der Waals surface area contributed by atoms with Crippen LogP contribution in [-0.4, -0.2) is 47.6 Å². The molecule has 2 aromatic rings. The number of hydrogen-bond donors (Lipinski definition) is 3. The van der Waals surface area contributed by atoms with Crippen molar-refractivity contribution in [3.63, 3.8) is 0 Å². The molecule has 0 aliphatic rings. The molecule has 1 amide bonds. The second kappa shape index (κ2) is 15.6. The van der Waals surface area contributed by atoms with Gasteiger partial charge < -0.3 is 21.2 Å². The molecule has 2 rings (SSSR count). The first-order chi connectivity index (χ1) is 17.3. The predicted octanol–water partition coefficient (Wildman–Crippen LogP) is 5.04. The van der Waals surface area contributed by atoms with Crippen LogP contribution in [-0.2, 0) is 16.0 Å². The Kier molecular flexibility index (Phi) is 12.8. The largest absolute Gasteiger partial charge is 0.398 e. The minimum Gasteiger partial charge on any atom is -0.398 e. The minimum absolute atomic E-state index is 0.0506. The van der Waals surface area contributed by atoms with Gasteiger partial charge in [0.1, 0.15) is 5.78 Å². The van der Waals surface area contributed by atoms with Gasteiger partial charge in [-0.15, -0.1) is 0 Å². The normalized spacial score (nSPS) is 12.0. The Morgan fingerprint density at radius 1 is 1.08 bits per heavy atom. The van der Waals surface area contributed by atoms with Crippen molar-refractivity contribution in [3.8, 4) is 11.1 Å². The van der Waals surface area contributed by atoms with Crippen molar-refractivity contribution in [1.82, 2.24) is 4.90 Å². The van der Waals surface area contributed by atoms with Crippen LogP contribution in [0.25, 0.3) is 17.2 Å². The lowest BCUT2D eigenvalue weighted by molar-refractivity contribution is -0.127. The molecule has 0 fully saturated rings. The number of carbonyl (C=O) groups is 2. The lowest BCUT2D eigenvalue weighted by atomic mass is 9.97. The van der Waals surface area contributed by atoms with Crippen molar-refractivity contribution in [1.29, 1.82) is 0 Å². The SMILES string of the molecule is CCCN(CCCO)C(=O)/C(=C/c1ccc(-c2ccc(CC(=O)CCC(C)C)cc2)cc1N)CPN. The van der Waals surface area contributed by atoms with Gasteiger partial charge in [-0.25, -0.2) is 0 Å². The molecule has 0 bridgehead atoms. The quantitative estimate of drug-likeness (QED) is 0.176. The average Bonchev–Trinajstić information content (AvgIpc) is 2.86. The van der Waals surface area contributed by atoms with Crippen molar-refractivity contribution in [2.24, 2.45) is 11.4 Å². The molecule has 1 atom stereocenters. The van der Waals surface area contributed by atoms with E-state index in [4.69, 9.17) is 11.2 Å². The summed E-state index contributed by atoms with van der Waals surface area (Å²) in [4.78, 5) is 27.2. The fourth-order valence-corrected chi connectivity index (χ4v) is 4.48. The maximum Gasteiger partial charge on any atom is 0.250 e. The smallest absolute Gasteiger partial charge is 0.250 e.